The van der Waals surface area contributed by atoms with Gasteiger partial charge in [0.05, 0.1) is 19.8 Å². The van der Waals surface area contributed by atoms with Gasteiger partial charge in [0.1, 0.15) is 22.7 Å². The zero-order valence-electron chi connectivity index (χ0n) is 25.7. The molecule has 242 valence electrons. The fourth-order valence-corrected chi connectivity index (χ4v) is 9.13. The number of nitrogens with zero attached hydrogens (tertiary/aromatic N) is 5. The van der Waals surface area contributed by atoms with Gasteiger partial charge in [-0.3, -0.25) is 9.69 Å². The molecule has 13 heteroatoms. The van der Waals surface area contributed by atoms with Gasteiger partial charge in [0.2, 0.25) is 0 Å². The lowest BCUT2D eigenvalue weighted by molar-refractivity contribution is 0.00590. The number of para-hydroxylation sites is 1. The average Bonchev–Trinajstić information content (AvgIpc) is 3.40. The molecule has 0 spiro atoms. The van der Waals surface area contributed by atoms with Crippen molar-refractivity contribution >= 4 is 33.3 Å². The summed E-state index contributed by atoms with van der Waals surface area (Å²) in [6.45, 7) is 5.64. The molecule has 5 heterocycles. The van der Waals surface area contributed by atoms with Gasteiger partial charge < -0.3 is 19.9 Å². The Morgan fingerprint density at radius 2 is 1.64 bits per heavy atom. The van der Waals surface area contributed by atoms with Crippen LogP contribution in [0.15, 0.2) is 41.5 Å². The van der Waals surface area contributed by atoms with Crippen molar-refractivity contribution < 1.29 is 27.4 Å². The average molecular weight is 640 g/mol. The molecule has 1 aromatic carbocycles. The smallest absolute Gasteiger partial charge is 0.408 e. The minimum atomic E-state index is -4.24. The van der Waals surface area contributed by atoms with Crippen molar-refractivity contribution in [2.75, 3.05) is 59.2 Å². The summed E-state index contributed by atoms with van der Waals surface area (Å²) in [7, 11) is -4.24. The number of pyridine rings is 1. The molecule has 1 amide bonds. The number of hydrogen-bond acceptors (Lipinski definition) is 9. The second-order valence-corrected chi connectivity index (χ2v) is 14.7. The minimum Gasteiger partial charge on any atom is -0.492 e. The van der Waals surface area contributed by atoms with Gasteiger partial charge in [-0.2, -0.15) is 17.7 Å². The van der Waals surface area contributed by atoms with E-state index in [0.29, 0.717) is 87.7 Å². The Balaban J connectivity index is 1.33. The normalized spacial score (nSPS) is 25.8. The summed E-state index contributed by atoms with van der Waals surface area (Å²) in [6.07, 6.45) is 6.01. The lowest BCUT2D eigenvalue weighted by Gasteiger charge is -2.40. The van der Waals surface area contributed by atoms with Crippen LogP contribution >= 0.6 is 0 Å². The fraction of sp³-hybridized carbons (Fsp3) is 0.594. The topological polar surface area (TPSA) is 137 Å². The highest BCUT2D eigenvalue weighted by Gasteiger charge is 2.60. The number of primary amides is 1. The molecule has 45 heavy (non-hydrogen) atoms. The molecule has 2 aromatic rings. The van der Waals surface area contributed by atoms with E-state index in [1.807, 2.05) is 18.2 Å². The number of aromatic nitrogens is 1. The number of nitrogens with two attached hydrogens (primary N) is 1. The Hall–Kier alpha value is -2.94. The van der Waals surface area contributed by atoms with Gasteiger partial charge in [-0.15, -0.1) is 0 Å². The summed E-state index contributed by atoms with van der Waals surface area (Å²) < 4.78 is 48.6. The van der Waals surface area contributed by atoms with Gasteiger partial charge in [0.15, 0.2) is 5.69 Å². The number of carbonyl (C=O) groups is 1. The van der Waals surface area contributed by atoms with E-state index in [4.69, 9.17) is 30.0 Å². The molecule has 0 radical (unpaired) electrons. The molecule has 2 N–H and O–H groups in total. The first-order valence-corrected chi connectivity index (χ1v) is 17.7. The quantitative estimate of drug-likeness (QED) is 0.414. The van der Waals surface area contributed by atoms with Crippen molar-refractivity contribution in [3.63, 3.8) is 0 Å². The molecule has 5 aliphatic rings. The van der Waals surface area contributed by atoms with Gasteiger partial charge in [-0.1, -0.05) is 29.7 Å². The van der Waals surface area contributed by atoms with Crippen LogP contribution in [0.25, 0.3) is 0 Å². The zero-order valence-corrected chi connectivity index (χ0v) is 26.5. The number of ether oxygens (including phenoxy) is 3. The van der Waals surface area contributed by atoms with Crippen molar-refractivity contribution in [3.8, 4) is 5.75 Å². The third-order valence-electron chi connectivity index (χ3n) is 10.1. The van der Waals surface area contributed by atoms with Gasteiger partial charge in [-0.25, -0.2) is 0 Å². The highest BCUT2D eigenvalue weighted by atomic mass is 32.2. The number of piperidine rings is 1. The van der Waals surface area contributed by atoms with E-state index in [0.717, 1.165) is 45.2 Å². The zero-order chi connectivity index (χ0) is 31.0. The third kappa shape index (κ3) is 5.57. The molecular formula is C32H43N6O6S+. The van der Waals surface area contributed by atoms with Crippen LogP contribution < -0.4 is 14.5 Å². The Morgan fingerprint density at radius 3 is 2.29 bits per heavy atom. The highest BCUT2D eigenvalue weighted by Crippen LogP contribution is 2.52. The fourth-order valence-electron chi connectivity index (χ4n) is 7.20. The number of rotatable bonds is 9. The molecule has 12 nitrogen and oxygen atoms in total. The highest BCUT2D eigenvalue weighted by molar-refractivity contribution is 7.88. The summed E-state index contributed by atoms with van der Waals surface area (Å²) in [4.78, 5) is 19.8. The van der Waals surface area contributed by atoms with Crippen LogP contribution in [-0.2, 0) is 19.7 Å². The number of carbonyl (C=O) groups excluding carboxylic acids is 1. The van der Waals surface area contributed by atoms with Crippen LogP contribution in [0, 0.1) is 11.8 Å². The molecule has 1 aliphatic carbocycles. The lowest BCUT2D eigenvalue weighted by atomic mass is 9.79. The Kier molecular flexibility index (Phi) is 8.66. The van der Waals surface area contributed by atoms with Crippen molar-refractivity contribution in [3.05, 3.63) is 47.7 Å². The summed E-state index contributed by atoms with van der Waals surface area (Å²) in [5.41, 5.74) is 7.47. The predicted octanol–water partition coefficient (Wildman–Crippen LogP) is 3.18. The molecule has 4 aliphatic heterocycles. The van der Waals surface area contributed by atoms with E-state index < -0.39 is 20.1 Å². The predicted molar refractivity (Wildman–Crippen MR) is 169 cm³/mol. The number of morpholine rings is 1. The van der Waals surface area contributed by atoms with E-state index in [-0.39, 0.29) is 23.3 Å². The first-order chi connectivity index (χ1) is 21.9. The molecule has 1 atom stereocenters. The van der Waals surface area contributed by atoms with Crippen molar-refractivity contribution in [1.29, 1.82) is 0 Å². The van der Waals surface area contributed by atoms with Crippen molar-refractivity contribution in [2.45, 2.75) is 51.0 Å². The summed E-state index contributed by atoms with van der Waals surface area (Å²) in [6, 6.07) is 10.9. The Labute approximate surface area is 264 Å². The number of fused-ring (bicyclic) bond motifs is 1. The van der Waals surface area contributed by atoms with Gasteiger partial charge in [0, 0.05) is 73.5 Å². The number of amides is 1. The van der Waals surface area contributed by atoms with Crippen LogP contribution in [0.4, 0.5) is 11.5 Å². The molecule has 3 saturated heterocycles. The summed E-state index contributed by atoms with van der Waals surface area (Å²) >= 11 is 0. The molecule has 1 aromatic heterocycles. The molecule has 1 unspecified atom stereocenters. The minimum absolute atomic E-state index is 0.0413. The maximum atomic E-state index is 15.2. The Morgan fingerprint density at radius 1 is 0.956 bits per heavy atom. The first kappa shape index (κ1) is 30.7. The van der Waals surface area contributed by atoms with Crippen molar-refractivity contribution in [1.82, 2.24) is 18.2 Å². The van der Waals surface area contributed by atoms with Gasteiger partial charge in [-0.05, 0) is 44.4 Å². The molecule has 0 bridgehead atoms. The number of quaternary nitrogens is 1. The third-order valence-corrected chi connectivity index (χ3v) is 12.2. The van der Waals surface area contributed by atoms with E-state index in [9.17, 15) is 4.79 Å². The van der Waals surface area contributed by atoms with Crippen LogP contribution in [-0.4, -0.2) is 99.5 Å². The number of hydrogen-bond donors (Lipinski definition) is 1. The van der Waals surface area contributed by atoms with E-state index >= 15 is 8.42 Å². The van der Waals surface area contributed by atoms with Gasteiger partial charge in [0.25, 0.3) is 11.7 Å². The SMILES string of the molecule is NC(=O)c1cc(OCC2CCOCC2)c2c(n1)[N+](c1ccccc1)(S(=O)(=O)N1CCC(N3CCOCC3)CC1)N=C2C1CCC1. The van der Waals surface area contributed by atoms with Crippen LogP contribution in [0.2, 0.25) is 0 Å². The van der Waals surface area contributed by atoms with Crippen LogP contribution in [0.5, 0.6) is 5.75 Å². The first-order valence-electron chi connectivity index (χ1n) is 16.3. The van der Waals surface area contributed by atoms with E-state index in [1.54, 1.807) is 22.5 Å². The summed E-state index contributed by atoms with van der Waals surface area (Å²) in [5.74, 6) is 0.191. The maximum absolute atomic E-state index is 15.2. The van der Waals surface area contributed by atoms with E-state index in [2.05, 4.69) is 4.90 Å². The van der Waals surface area contributed by atoms with Crippen molar-refractivity contribution in [2.24, 2.45) is 22.7 Å². The maximum Gasteiger partial charge on any atom is 0.408 e. The molecule has 7 rings (SSSR count). The Bertz CT molecular complexity index is 1530. The molecule has 1 saturated carbocycles. The molecule has 4 fully saturated rings. The van der Waals surface area contributed by atoms with Crippen LogP contribution in [0.1, 0.15) is 61.0 Å². The summed E-state index contributed by atoms with van der Waals surface area (Å²) in [5, 5.41) is 5.17. The number of benzene rings is 1. The molecular weight excluding hydrogens is 596 g/mol. The lowest BCUT2D eigenvalue weighted by Crippen LogP contribution is -2.57. The van der Waals surface area contributed by atoms with Gasteiger partial charge >= 0.3 is 10.2 Å². The second kappa shape index (κ2) is 12.7. The standard InChI is InChI=1S/C32H42N6O6S/c33-31(39)27-21-28(44-22-23-11-17-42-18-12-23)29-30(24-5-4-6-24)35-38(32(29)34-27,26-7-2-1-3-8-26)45(40,41)37-13-9-25(10-14-37)36-15-19-43-20-16-36/h1-3,7-8,21,23-25H,4-6,9-20,22H2,(H-,33,39)/p+1. The van der Waals surface area contributed by atoms with E-state index in [1.165, 1.54) is 0 Å². The monoisotopic (exact) mass is 639 g/mol. The second-order valence-electron chi connectivity index (χ2n) is 12.7. The van der Waals surface area contributed by atoms with Crippen LogP contribution in [0.3, 0.4) is 0 Å². The largest absolute Gasteiger partial charge is 0.492 e.